The maximum Gasteiger partial charge on any atom is 0.137 e. The minimum absolute atomic E-state index is 0.416. The summed E-state index contributed by atoms with van der Waals surface area (Å²) in [4.78, 5) is 0. The second-order valence-corrected chi connectivity index (χ2v) is 6.76. The van der Waals surface area contributed by atoms with E-state index in [0.29, 0.717) is 17.0 Å². The lowest BCUT2D eigenvalue weighted by Crippen LogP contribution is -2.31. The molecule has 0 aromatic heterocycles. The summed E-state index contributed by atoms with van der Waals surface area (Å²) in [6, 6.07) is 6.63. The highest BCUT2D eigenvalue weighted by molar-refractivity contribution is 6.32. The lowest BCUT2D eigenvalue weighted by Gasteiger charge is -2.34. The monoisotopic (exact) mass is 309 g/mol. The van der Waals surface area contributed by atoms with E-state index in [1.165, 1.54) is 31.2 Å². The molecule has 0 bridgehead atoms. The van der Waals surface area contributed by atoms with Crippen LogP contribution in [-0.2, 0) is 0 Å². The van der Waals surface area contributed by atoms with Crippen molar-refractivity contribution in [1.82, 2.24) is 5.32 Å². The van der Waals surface area contributed by atoms with E-state index in [0.717, 1.165) is 24.6 Å². The molecule has 2 nitrogen and oxygen atoms in total. The third-order valence-corrected chi connectivity index (χ3v) is 4.91. The van der Waals surface area contributed by atoms with E-state index in [2.05, 4.69) is 31.3 Å². The van der Waals surface area contributed by atoms with Gasteiger partial charge in [-0.05, 0) is 55.3 Å². The van der Waals surface area contributed by atoms with Crippen molar-refractivity contribution >= 4 is 11.6 Å². The Bertz CT molecular complexity index is 449. The SMILES string of the molecule is CCCNC(c1ccc(Cl)c(OC)c1)C1CCCC(C)C1. The Morgan fingerprint density at radius 1 is 1.38 bits per heavy atom. The zero-order valence-corrected chi connectivity index (χ0v) is 14.2. The van der Waals surface area contributed by atoms with E-state index in [-0.39, 0.29) is 0 Å². The van der Waals surface area contributed by atoms with Crippen molar-refractivity contribution in [2.75, 3.05) is 13.7 Å². The zero-order valence-electron chi connectivity index (χ0n) is 13.5. The minimum Gasteiger partial charge on any atom is -0.495 e. The first-order valence-corrected chi connectivity index (χ1v) is 8.60. The van der Waals surface area contributed by atoms with Crippen molar-refractivity contribution in [2.24, 2.45) is 11.8 Å². The number of rotatable bonds is 6. The molecule has 1 aromatic rings. The van der Waals surface area contributed by atoms with Crippen LogP contribution in [0.5, 0.6) is 5.75 Å². The molecule has 1 saturated carbocycles. The summed E-state index contributed by atoms with van der Waals surface area (Å²) in [6.07, 6.45) is 6.51. The molecule has 3 unspecified atom stereocenters. The average molecular weight is 310 g/mol. The number of hydrogen-bond acceptors (Lipinski definition) is 2. The fraction of sp³-hybridized carbons (Fsp3) is 0.667. The molecule has 0 amide bonds. The summed E-state index contributed by atoms with van der Waals surface area (Å²) >= 11 is 6.17. The van der Waals surface area contributed by atoms with E-state index in [1.54, 1.807) is 7.11 Å². The molecule has 0 spiro atoms. The van der Waals surface area contributed by atoms with Gasteiger partial charge in [0.15, 0.2) is 0 Å². The lowest BCUT2D eigenvalue weighted by molar-refractivity contribution is 0.223. The van der Waals surface area contributed by atoms with E-state index < -0.39 is 0 Å². The Morgan fingerprint density at radius 3 is 2.86 bits per heavy atom. The number of nitrogens with one attached hydrogen (secondary N) is 1. The molecule has 1 aromatic carbocycles. The van der Waals surface area contributed by atoms with E-state index in [1.807, 2.05) is 6.07 Å². The van der Waals surface area contributed by atoms with Crippen molar-refractivity contribution in [1.29, 1.82) is 0 Å². The fourth-order valence-corrected chi connectivity index (χ4v) is 3.70. The van der Waals surface area contributed by atoms with Crippen LogP contribution in [0.25, 0.3) is 0 Å². The quantitative estimate of drug-likeness (QED) is 0.778. The predicted octanol–water partition coefficient (Wildman–Crippen LogP) is 5.22. The van der Waals surface area contributed by atoms with E-state index in [9.17, 15) is 0 Å². The molecule has 0 heterocycles. The van der Waals surface area contributed by atoms with Gasteiger partial charge in [0.1, 0.15) is 5.75 Å². The van der Waals surface area contributed by atoms with Gasteiger partial charge in [-0.3, -0.25) is 0 Å². The third-order valence-electron chi connectivity index (χ3n) is 4.60. The molecule has 0 radical (unpaired) electrons. The van der Waals surface area contributed by atoms with Gasteiger partial charge in [0, 0.05) is 6.04 Å². The first-order chi connectivity index (χ1) is 10.2. The highest BCUT2D eigenvalue weighted by Crippen LogP contribution is 2.39. The Labute approximate surface area is 134 Å². The standard InChI is InChI=1S/C18H28ClNO/c1-4-10-20-18(14-7-5-6-13(2)11-14)15-8-9-16(19)17(12-15)21-3/h8-9,12-14,18,20H,4-7,10-11H2,1-3H3. The number of hydrogen-bond donors (Lipinski definition) is 1. The Balaban J connectivity index is 2.22. The number of ether oxygens (including phenoxy) is 1. The normalized spacial score (nSPS) is 23.8. The number of benzene rings is 1. The smallest absolute Gasteiger partial charge is 0.137 e. The summed E-state index contributed by atoms with van der Waals surface area (Å²) in [5.74, 6) is 2.33. The van der Waals surface area contributed by atoms with Crippen molar-refractivity contribution in [3.63, 3.8) is 0 Å². The van der Waals surface area contributed by atoms with Gasteiger partial charge >= 0.3 is 0 Å². The fourth-order valence-electron chi connectivity index (χ4n) is 3.51. The van der Waals surface area contributed by atoms with Crippen molar-refractivity contribution < 1.29 is 4.74 Å². The van der Waals surface area contributed by atoms with Crippen LogP contribution in [0.3, 0.4) is 0 Å². The second-order valence-electron chi connectivity index (χ2n) is 6.36. The van der Waals surface area contributed by atoms with Gasteiger partial charge in [-0.25, -0.2) is 0 Å². The van der Waals surface area contributed by atoms with Gasteiger partial charge in [0.2, 0.25) is 0 Å². The summed E-state index contributed by atoms with van der Waals surface area (Å²) in [5.41, 5.74) is 1.31. The number of halogens is 1. The summed E-state index contributed by atoms with van der Waals surface area (Å²) in [5, 5.41) is 4.44. The maximum atomic E-state index is 6.17. The van der Waals surface area contributed by atoms with Gasteiger partial charge in [0.25, 0.3) is 0 Å². The van der Waals surface area contributed by atoms with Gasteiger partial charge in [-0.2, -0.15) is 0 Å². The molecular formula is C18H28ClNO. The Hall–Kier alpha value is -0.730. The molecule has 1 aliphatic rings. The average Bonchev–Trinajstić information content (AvgIpc) is 2.49. The van der Waals surface area contributed by atoms with Crippen molar-refractivity contribution in [3.05, 3.63) is 28.8 Å². The van der Waals surface area contributed by atoms with Crippen LogP contribution in [0.1, 0.15) is 57.6 Å². The zero-order chi connectivity index (χ0) is 15.2. The van der Waals surface area contributed by atoms with Crippen LogP contribution < -0.4 is 10.1 Å². The first-order valence-electron chi connectivity index (χ1n) is 8.22. The maximum absolute atomic E-state index is 6.17. The molecule has 2 rings (SSSR count). The first kappa shape index (κ1) is 16.6. The Kier molecular flexibility index (Phi) is 6.38. The highest BCUT2D eigenvalue weighted by Gasteiger charge is 2.27. The highest BCUT2D eigenvalue weighted by atomic mass is 35.5. The van der Waals surface area contributed by atoms with Gasteiger partial charge in [0.05, 0.1) is 12.1 Å². The predicted molar refractivity (Wildman–Crippen MR) is 90.2 cm³/mol. The minimum atomic E-state index is 0.416. The van der Waals surface area contributed by atoms with Crippen LogP contribution >= 0.6 is 11.6 Å². The van der Waals surface area contributed by atoms with Crippen LogP contribution in [0.15, 0.2) is 18.2 Å². The Morgan fingerprint density at radius 2 is 2.19 bits per heavy atom. The molecule has 1 N–H and O–H groups in total. The summed E-state index contributed by atoms with van der Waals surface area (Å²) in [6.45, 7) is 5.65. The van der Waals surface area contributed by atoms with Crippen molar-refractivity contribution in [3.8, 4) is 5.75 Å². The van der Waals surface area contributed by atoms with E-state index >= 15 is 0 Å². The molecule has 21 heavy (non-hydrogen) atoms. The number of methoxy groups -OCH3 is 1. The van der Waals surface area contributed by atoms with Crippen LogP contribution in [0, 0.1) is 11.8 Å². The topological polar surface area (TPSA) is 21.3 Å². The molecular weight excluding hydrogens is 282 g/mol. The molecule has 0 saturated heterocycles. The largest absolute Gasteiger partial charge is 0.495 e. The van der Waals surface area contributed by atoms with Gasteiger partial charge in [-0.15, -0.1) is 0 Å². The van der Waals surface area contributed by atoms with Gasteiger partial charge < -0.3 is 10.1 Å². The summed E-state index contributed by atoms with van der Waals surface area (Å²) in [7, 11) is 1.68. The molecule has 0 aliphatic heterocycles. The van der Waals surface area contributed by atoms with Crippen molar-refractivity contribution in [2.45, 2.75) is 52.0 Å². The molecule has 1 fully saturated rings. The lowest BCUT2D eigenvalue weighted by atomic mass is 9.76. The van der Waals surface area contributed by atoms with Crippen LogP contribution in [0.2, 0.25) is 5.02 Å². The summed E-state index contributed by atoms with van der Waals surface area (Å²) < 4.78 is 5.39. The van der Waals surface area contributed by atoms with Crippen LogP contribution in [-0.4, -0.2) is 13.7 Å². The van der Waals surface area contributed by atoms with Crippen LogP contribution in [0.4, 0.5) is 0 Å². The molecule has 1 aliphatic carbocycles. The molecule has 118 valence electrons. The van der Waals surface area contributed by atoms with E-state index in [4.69, 9.17) is 16.3 Å². The second kappa shape index (κ2) is 8.05. The van der Waals surface area contributed by atoms with Gasteiger partial charge in [-0.1, -0.05) is 44.4 Å². The molecule has 3 heteroatoms. The molecule has 3 atom stereocenters. The third kappa shape index (κ3) is 4.37.